The van der Waals surface area contributed by atoms with E-state index in [0.717, 1.165) is 11.1 Å². The van der Waals surface area contributed by atoms with Gasteiger partial charge in [-0.2, -0.15) is 11.5 Å². The minimum atomic E-state index is -1.15. The minimum absolute atomic E-state index is 0. The molecule has 4 rings (SSSR count). The Kier molecular flexibility index (Phi) is 8.58. The molecule has 35 heavy (non-hydrogen) atoms. The number of aliphatic hydroxyl groups excluding tert-OH is 1. The van der Waals surface area contributed by atoms with Gasteiger partial charge in [0.15, 0.2) is 0 Å². The van der Waals surface area contributed by atoms with E-state index in [1.165, 1.54) is 6.20 Å². The number of hydrogen-bond donors (Lipinski definition) is 3. The van der Waals surface area contributed by atoms with Gasteiger partial charge in [0, 0.05) is 17.6 Å². The van der Waals surface area contributed by atoms with E-state index in [-0.39, 0.29) is 43.1 Å². The van der Waals surface area contributed by atoms with Crippen LogP contribution in [0.1, 0.15) is 46.0 Å². The smallest absolute Gasteiger partial charge is 0.393 e. The Bertz CT molecular complexity index is 1270. The summed E-state index contributed by atoms with van der Waals surface area (Å²) in [6.07, 6.45) is 3.42. The van der Waals surface area contributed by atoms with Gasteiger partial charge in [0.2, 0.25) is 5.95 Å². The summed E-state index contributed by atoms with van der Waals surface area (Å²) in [6.45, 7) is 15.5. The van der Waals surface area contributed by atoms with Crippen molar-refractivity contribution < 1.29 is 41.3 Å². The zero-order chi connectivity index (χ0) is 24.9. The zero-order valence-electron chi connectivity index (χ0n) is 20.2. The molecule has 184 valence electrons. The van der Waals surface area contributed by atoms with Gasteiger partial charge in [-0.3, -0.25) is 0 Å². The second kappa shape index (κ2) is 10.6. The summed E-state index contributed by atoms with van der Waals surface area (Å²) in [7, 11) is 0. The maximum Gasteiger partial charge on any atom is 2.00 e. The number of halogens is 2. The molecule has 0 saturated heterocycles. The van der Waals surface area contributed by atoms with Crippen LogP contribution in [0.5, 0.6) is 0 Å². The summed E-state index contributed by atoms with van der Waals surface area (Å²) >= 11 is 13.1. The second-order valence-corrected chi connectivity index (χ2v) is 10.4. The quantitative estimate of drug-likeness (QED) is 0.305. The van der Waals surface area contributed by atoms with E-state index in [4.69, 9.17) is 23.2 Å². The predicted molar refractivity (Wildman–Crippen MR) is 137 cm³/mol. The van der Waals surface area contributed by atoms with Gasteiger partial charge in [0.05, 0.1) is 33.6 Å². The van der Waals surface area contributed by atoms with Crippen molar-refractivity contribution in [1.29, 1.82) is 0 Å². The number of nitrogens with zero attached hydrogens (tertiary/aromatic N) is 4. The number of rotatable bonds is 5. The molecule has 2 aromatic heterocycles. The zero-order valence-corrected chi connectivity index (χ0v) is 25.9. The van der Waals surface area contributed by atoms with Crippen molar-refractivity contribution in [2.24, 2.45) is 5.92 Å². The van der Waals surface area contributed by atoms with Crippen LogP contribution in [0, 0.1) is 50.9 Å². The van der Waals surface area contributed by atoms with E-state index < -0.39 is 17.7 Å². The monoisotopic (exact) mass is 739 g/mol. The number of aliphatic hydroxyl groups is 2. The van der Waals surface area contributed by atoms with Gasteiger partial charge in [-0.1, -0.05) is 23.2 Å². The first-order chi connectivity index (χ1) is 15.9. The molecule has 0 aliphatic heterocycles. The molecular formula is C25H29Cl2N5O2U. The normalized spacial score (nSPS) is 20.6. The van der Waals surface area contributed by atoms with Crippen molar-refractivity contribution in [3.63, 3.8) is 0 Å². The SMILES string of the molecule is [CH2-]C1=CC[C@H]([CH2-])[C@H](O)C1Nc1ncc(Cl)c(-c2cc(Cl)c3nc(C(C)(C)O)n(C(C)C)c3c2)n1.[U+2]. The van der Waals surface area contributed by atoms with Crippen molar-refractivity contribution in [2.45, 2.75) is 57.9 Å². The van der Waals surface area contributed by atoms with E-state index in [9.17, 15) is 10.2 Å². The van der Waals surface area contributed by atoms with Gasteiger partial charge in [-0.15, -0.1) is 6.42 Å². The van der Waals surface area contributed by atoms with Crippen molar-refractivity contribution in [1.82, 2.24) is 19.5 Å². The number of nitrogens with one attached hydrogen (secondary N) is 1. The summed E-state index contributed by atoms with van der Waals surface area (Å²) in [5, 5.41) is 25.2. The molecule has 2 heterocycles. The third kappa shape index (κ3) is 5.54. The van der Waals surface area contributed by atoms with Crippen LogP contribution in [0.3, 0.4) is 0 Å². The summed E-state index contributed by atoms with van der Waals surface area (Å²) in [4.78, 5) is 13.6. The first kappa shape index (κ1) is 28.3. The molecule has 0 spiro atoms. The molecule has 0 radical (unpaired) electrons. The first-order valence-electron chi connectivity index (χ1n) is 11.2. The van der Waals surface area contributed by atoms with Crippen molar-refractivity contribution in [3.05, 3.63) is 59.7 Å². The number of aromatic nitrogens is 4. The first-order valence-corrected chi connectivity index (χ1v) is 11.9. The van der Waals surface area contributed by atoms with Crippen LogP contribution in [-0.2, 0) is 5.60 Å². The fourth-order valence-corrected chi connectivity index (χ4v) is 4.72. The molecule has 3 N–H and O–H groups in total. The number of benzene rings is 1. The summed E-state index contributed by atoms with van der Waals surface area (Å²) in [5.74, 6) is 0.673. The molecular weight excluding hydrogens is 711 g/mol. The molecule has 0 saturated carbocycles. The van der Waals surface area contributed by atoms with Crippen molar-refractivity contribution in [2.75, 3.05) is 5.32 Å². The number of anilines is 1. The van der Waals surface area contributed by atoms with Crippen molar-refractivity contribution in [3.8, 4) is 11.3 Å². The Labute approximate surface area is 239 Å². The summed E-state index contributed by atoms with van der Waals surface area (Å²) < 4.78 is 1.96. The van der Waals surface area contributed by atoms with Crippen LogP contribution in [0.15, 0.2) is 30.0 Å². The fourth-order valence-electron chi connectivity index (χ4n) is 4.26. The van der Waals surface area contributed by atoms with Gasteiger partial charge in [-0.05, 0) is 39.8 Å². The van der Waals surface area contributed by atoms with Crippen LogP contribution >= 0.6 is 23.2 Å². The largest absolute Gasteiger partial charge is 2.00 e. The van der Waals surface area contributed by atoms with E-state index >= 15 is 0 Å². The van der Waals surface area contributed by atoms with Gasteiger partial charge < -0.3 is 27.0 Å². The number of hydrogen-bond acceptors (Lipinski definition) is 6. The Morgan fingerprint density at radius 1 is 1.20 bits per heavy atom. The Morgan fingerprint density at radius 2 is 1.89 bits per heavy atom. The molecule has 3 aromatic rings. The van der Waals surface area contributed by atoms with Crippen LogP contribution in [0.2, 0.25) is 10.0 Å². The summed E-state index contributed by atoms with van der Waals surface area (Å²) in [5.41, 5.74) is 2.14. The Hall–Kier alpha value is -1.27. The van der Waals surface area contributed by atoms with Gasteiger partial charge in [0.25, 0.3) is 0 Å². The average molecular weight is 740 g/mol. The molecule has 0 fully saturated rings. The van der Waals surface area contributed by atoms with Crippen LogP contribution in [0.4, 0.5) is 5.95 Å². The fraction of sp³-hybridized carbons (Fsp3) is 0.400. The van der Waals surface area contributed by atoms with E-state index in [1.807, 2.05) is 30.6 Å². The minimum Gasteiger partial charge on any atom is -0.393 e. The van der Waals surface area contributed by atoms with E-state index in [2.05, 4.69) is 34.1 Å². The molecule has 0 amide bonds. The third-order valence-electron chi connectivity index (χ3n) is 6.02. The molecule has 3 atom stereocenters. The van der Waals surface area contributed by atoms with Crippen molar-refractivity contribution >= 4 is 40.2 Å². The second-order valence-electron chi connectivity index (χ2n) is 9.56. The Morgan fingerprint density at radius 3 is 2.51 bits per heavy atom. The van der Waals surface area contributed by atoms with Crippen LogP contribution in [-0.4, -0.2) is 41.9 Å². The predicted octanol–water partition coefficient (Wildman–Crippen LogP) is 5.36. The van der Waals surface area contributed by atoms with Crippen LogP contribution < -0.4 is 5.32 Å². The maximum atomic E-state index is 10.7. The molecule has 1 aliphatic carbocycles. The van der Waals surface area contributed by atoms with E-state index in [1.54, 1.807) is 19.9 Å². The standard InChI is InChI=1S/C25H29Cl2N5O2.U/c1-12(2)32-18-10-15(9-16(26)21(18)29-23(32)25(5,6)34)20-17(27)11-28-24(31-20)30-19-13(3)7-8-14(4)22(19)33;/h7,9-12,14,19,22,33-34H,3-4,8H2,1-2,5-6H3,(H,28,30,31);/q-2;+2/t14-,19?,22-;/m0./s1. The average Bonchev–Trinajstić information content (AvgIpc) is 3.16. The van der Waals surface area contributed by atoms with Crippen LogP contribution in [0.25, 0.3) is 22.3 Å². The number of imidazole rings is 1. The molecule has 0 bridgehead atoms. The molecule has 1 unspecified atom stereocenters. The van der Waals surface area contributed by atoms with Gasteiger partial charge in [-0.25, -0.2) is 28.0 Å². The molecule has 10 heteroatoms. The molecule has 7 nitrogen and oxygen atoms in total. The van der Waals surface area contributed by atoms with Gasteiger partial charge >= 0.3 is 31.1 Å². The summed E-state index contributed by atoms with van der Waals surface area (Å²) in [6, 6.07) is 3.24. The molecule has 1 aromatic carbocycles. The van der Waals surface area contributed by atoms with E-state index in [0.29, 0.717) is 45.0 Å². The number of fused-ring (bicyclic) bond motifs is 1. The Balaban J connectivity index is 0.00000342. The molecule has 1 aliphatic rings. The number of allylic oxidation sites excluding steroid dienone is 1. The maximum absolute atomic E-state index is 10.7. The third-order valence-corrected chi connectivity index (χ3v) is 6.59. The van der Waals surface area contributed by atoms with Gasteiger partial charge in [0.1, 0.15) is 16.9 Å². The topological polar surface area (TPSA) is 96.1 Å².